The summed E-state index contributed by atoms with van der Waals surface area (Å²) in [5, 5.41) is 49.6. The van der Waals surface area contributed by atoms with Crippen molar-refractivity contribution in [1.82, 2.24) is 0 Å². The first-order valence-electron chi connectivity index (χ1n) is 19.9. The van der Waals surface area contributed by atoms with Crippen LogP contribution in [-0.2, 0) is 32.7 Å². The van der Waals surface area contributed by atoms with Crippen molar-refractivity contribution in [2.75, 3.05) is 26.4 Å². The minimum absolute atomic E-state index is 0.119. The summed E-state index contributed by atoms with van der Waals surface area (Å²) in [4.78, 5) is 35.1. The molecule has 0 heterocycles. The molecule has 1 unspecified atom stereocenters. The van der Waals surface area contributed by atoms with E-state index in [9.17, 15) is 39.5 Å². The highest BCUT2D eigenvalue weighted by molar-refractivity contribution is 7.47. The highest BCUT2D eigenvalue weighted by atomic mass is 31.2. The molecular formula is C39H71O13P. The molecule has 1 aliphatic carbocycles. The van der Waals surface area contributed by atoms with Gasteiger partial charge in [0.25, 0.3) is 0 Å². The van der Waals surface area contributed by atoms with Crippen LogP contribution in [0.5, 0.6) is 0 Å². The van der Waals surface area contributed by atoms with Gasteiger partial charge in [0.1, 0.15) is 12.7 Å². The van der Waals surface area contributed by atoms with Gasteiger partial charge in [0.05, 0.1) is 44.6 Å². The Hall–Kier alpha value is -1.67. The standard InChI is InChI=1S/C39H71O13P/c1-4-5-13-19-31(41)23-24-35-34(36(43)25-37(35)44)20-16-17-21-38(45)49-28-33(29-51-53(47,48)50-27-32(42)26-40)52-39(46)22-15-12-10-8-6-7-9-11-14-18-30(2)3/h16-17,23-24,30-37,40-44H,4-15,18-22,25-29H2,1-3H3,(H,47,48)/b17-16-,24-23+/t31-,32+,33-,34+,35-,36+,37-/m1/s1. The number of phosphoric acid groups is 1. The van der Waals surface area contributed by atoms with E-state index in [0.717, 1.165) is 44.4 Å². The molecule has 0 saturated heterocycles. The lowest BCUT2D eigenvalue weighted by atomic mass is 9.89. The first kappa shape index (κ1) is 49.3. The third-order valence-corrected chi connectivity index (χ3v) is 10.3. The molecule has 13 nitrogen and oxygen atoms in total. The maximum atomic E-state index is 12.6. The number of rotatable bonds is 32. The number of hydrogen-bond donors (Lipinski definition) is 6. The van der Waals surface area contributed by atoms with Gasteiger partial charge in [-0.1, -0.05) is 122 Å². The van der Waals surface area contributed by atoms with Crippen LogP contribution in [0.3, 0.4) is 0 Å². The van der Waals surface area contributed by atoms with E-state index in [1.165, 1.54) is 38.5 Å². The minimum Gasteiger partial charge on any atom is -0.461 e. The normalized spacial score (nSPS) is 22.0. The Labute approximate surface area is 317 Å². The van der Waals surface area contributed by atoms with Crippen LogP contribution < -0.4 is 0 Å². The molecule has 0 radical (unpaired) electrons. The van der Waals surface area contributed by atoms with Gasteiger partial charge in [0, 0.05) is 18.8 Å². The smallest absolute Gasteiger partial charge is 0.461 e. The number of carbonyl (C=O) groups excluding carboxylic acids is 2. The van der Waals surface area contributed by atoms with Crippen LogP contribution >= 0.6 is 7.82 Å². The average Bonchev–Trinajstić information content (AvgIpc) is 3.38. The Balaban J connectivity index is 2.58. The summed E-state index contributed by atoms with van der Waals surface area (Å²) in [6.07, 6.45) is 17.3. The molecule has 1 saturated carbocycles. The molecule has 1 aliphatic rings. The fourth-order valence-electron chi connectivity index (χ4n) is 6.21. The second-order valence-electron chi connectivity index (χ2n) is 14.8. The highest BCUT2D eigenvalue weighted by Gasteiger charge is 2.39. The Kier molecular flexibility index (Phi) is 27.6. The Morgan fingerprint density at radius 2 is 1.43 bits per heavy atom. The van der Waals surface area contributed by atoms with Crippen molar-refractivity contribution >= 4 is 19.8 Å². The second-order valence-corrected chi connectivity index (χ2v) is 16.2. The number of phosphoric ester groups is 1. The molecule has 310 valence electrons. The number of allylic oxidation sites excluding steroid dienone is 1. The summed E-state index contributed by atoms with van der Waals surface area (Å²) in [6.45, 7) is 4.15. The highest BCUT2D eigenvalue weighted by Crippen LogP contribution is 2.43. The summed E-state index contributed by atoms with van der Waals surface area (Å²) in [6, 6.07) is 0. The maximum absolute atomic E-state index is 12.6. The van der Waals surface area contributed by atoms with Gasteiger partial charge in [-0.05, 0) is 31.1 Å². The van der Waals surface area contributed by atoms with Gasteiger partial charge in [-0.2, -0.15) is 0 Å². The summed E-state index contributed by atoms with van der Waals surface area (Å²) < 4.78 is 32.5. The SMILES string of the molecule is CCCCC[C@@H](O)/C=C/[C@@H]1[C@H](C/C=C\CC(=O)OC[C@H](COP(=O)(O)OC[C@@H](O)CO)OC(=O)CCCCCCCCCCCC(C)C)[C@@H](O)C[C@H]1O. The van der Waals surface area contributed by atoms with Crippen LogP contribution in [0.1, 0.15) is 136 Å². The van der Waals surface area contributed by atoms with E-state index in [0.29, 0.717) is 19.3 Å². The summed E-state index contributed by atoms with van der Waals surface area (Å²) in [5.74, 6) is -1.11. The van der Waals surface area contributed by atoms with Crippen LogP contribution in [0.25, 0.3) is 0 Å². The van der Waals surface area contributed by atoms with Crippen molar-refractivity contribution in [2.45, 2.75) is 167 Å². The number of aliphatic hydroxyl groups is 5. The lowest BCUT2D eigenvalue weighted by Crippen LogP contribution is -2.29. The third-order valence-electron chi connectivity index (χ3n) is 9.39. The van der Waals surface area contributed by atoms with E-state index >= 15 is 0 Å². The van der Waals surface area contributed by atoms with Gasteiger partial charge in [0.2, 0.25) is 0 Å². The van der Waals surface area contributed by atoms with Gasteiger partial charge >= 0.3 is 19.8 Å². The Morgan fingerprint density at radius 3 is 2.08 bits per heavy atom. The number of esters is 2. The van der Waals surface area contributed by atoms with Crippen LogP contribution in [0.2, 0.25) is 0 Å². The molecule has 0 spiro atoms. The molecule has 0 aromatic carbocycles. The zero-order valence-corrected chi connectivity index (χ0v) is 33.4. The number of carbonyl (C=O) groups is 2. The maximum Gasteiger partial charge on any atom is 0.472 e. The van der Waals surface area contributed by atoms with Crippen LogP contribution in [0.15, 0.2) is 24.3 Å². The van der Waals surface area contributed by atoms with Gasteiger partial charge in [-0.15, -0.1) is 0 Å². The quantitative estimate of drug-likeness (QED) is 0.0199. The van der Waals surface area contributed by atoms with Crippen molar-refractivity contribution in [3.63, 3.8) is 0 Å². The van der Waals surface area contributed by atoms with E-state index in [-0.39, 0.29) is 31.1 Å². The van der Waals surface area contributed by atoms with E-state index in [1.54, 1.807) is 24.3 Å². The van der Waals surface area contributed by atoms with Crippen LogP contribution in [0.4, 0.5) is 0 Å². The monoisotopic (exact) mass is 778 g/mol. The summed E-state index contributed by atoms with van der Waals surface area (Å²) in [5.41, 5.74) is 0. The first-order chi connectivity index (χ1) is 25.3. The number of aliphatic hydroxyl groups excluding tert-OH is 5. The summed E-state index contributed by atoms with van der Waals surface area (Å²) in [7, 11) is -4.69. The van der Waals surface area contributed by atoms with Gasteiger partial charge in [0.15, 0.2) is 6.10 Å². The third kappa shape index (κ3) is 25.2. The van der Waals surface area contributed by atoms with E-state index in [4.69, 9.17) is 19.1 Å². The fraction of sp³-hybridized carbons (Fsp3) is 0.846. The van der Waals surface area contributed by atoms with Crippen molar-refractivity contribution < 1.29 is 63.1 Å². The molecule has 1 rings (SSSR count). The van der Waals surface area contributed by atoms with Gasteiger partial charge in [-0.3, -0.25) is 18.6 Å². The molecule has 0 aromatic rings. The van der Waals surface area contributed by atoms with Gasteiger partial charge < -0.3 is 39.9 Å². The molecular weight excluding hydrogens is 707 g/mol. The predicted molar refractivity (Wildman–Crippen MR) is 203 cm³/mol. The number of unbranched alkanes of at least 4 members (excludes halogenated alkanes) is 10. The zero-order valence-electron chi connectivity index (χ0n) is 32.5. The van der Waals surface area contributed by atoms with Crippen molar-refractivity contribution in [1.29, 1.82) is 0 Å². The Morgan fingerprint density at radius 1 is 0.811 bits per heavy atom. The Bertz CT molecular complexity index is 1070. The molecule has 0 bridgehead atoms. The number of hydrogen-bond acceptors (Lipinski definition) is 12. The first-order valence-corrected chi connectivity index (χ1v) is 21.4. The van der Waals surface area contributed by atoms with Gasteiger partial charge in [-0.25, -0.2) is 4.57 Å². The lowest BCUT2D eigenvalue weighted by Gasteiger charge is -2.20. The van der Waals surface area contributed by atoms with E-state index in [1.807, 2.05) is 0 Å². The minimum atomic E-state index is -4.69. The molecule has 14 heteroatoms. The van der Waals surface area contributed by atoms with Crippen LogP contribution in [-0.4, -0.2) is 99.3 Å². The molecule has 53 heavy (non-hydrogen) atoms. The summed E-state index contributed by atoms with van der Waals surface area (Å²) >= 11 is 0. The zero-order chi connectivity index (χ0) is 39.5. The molecule has 1 fully saturated rings. The molecule has 0 amide bonds. The van der Waals surface area contributed by atoms with Crippen molar-refractivity contribution in [3.8, 4) is 0 Å². The second kappa shape index (κ2) is 29.6. The largest absolute Gasteiger partial charge is 0.472 e. The van der Waals surface area contributed by atoms with Crippen molar-refractivity contribution in [3.05, 3.63) is 24.3 Å². The molecule has 0 aliphatic heterocycles. The lowest BCUT2D eigenvalue weighted by molar-refractivity contribution is -0.160. The molecule has 6 N–H and O–H groups in total. The van der Waals surface area contributed by atoms with E-state index in [2.05, 4.69) is 25.3 Å². The molecule has 8 atom stereocenters. The predicted octanol–water partition coefficient (Wildman–Crippen LogP) is 6.07. The van der Waals surface area contributed by atoms with Crippen LogP contribution in [0, 0.1) is 17.8 Å². The average molecular weight is 779 g/mol. The van der Waals surface area contributed by atoms with E-state index < -0.39 is 76.7 Å². The topological polar surface area (TPSA) is 210 Å². The molecule has 0 aromatic heterocycles. The fourth-order valence-corrected chi connectivity index (χ4v) is 7.00. The van der Waals surface area contributed by atoms with Crippen molar-refractivity contribution in [2.24, 2.45) is 17.8 Å². The number of ether oxygens (including phenoxy) is 2.